The van der Waals surface area contributed by atoms with Crippen LogP contribution in [0.3, 0.4) is 0 Å². The maximum atomic E-state index is 12.2. The number of carbonyl (C=O) groups is 2. The molecule has 0 spiro atoms. The van der Waals surface area contributed by atoms with Crippen molar-refractivity contribution < 1.29 is 9.59 Å². The van der Waals surface area contributed by atoms with Crippen LogP contribution in [-0.4, -0.2) is 28.2 Å². The Morgan fingerprint density at radius 3 is 2.70 bits per heavy atom. The molecule has 3 rings (SSSR count). The fourth-order valence-electron chi connectivity index (χ4n) is 2.23. The van der Waals surface area contributed by atoms with Gasteiger partial charge in [-0.1, -0.05) is 59.4 Å². The van der Waals surface area contributed by atoms with E-state index < -0.39 is 0 Å². The number of nitrogens with one attached hydrogen (secondary N) is 2. The highest BCUT2D eigenvalue weighted by Crippen LogP contribution is 2.17. The summed E-state index contributed by atoms with van der Waals surface area (Å²) in [5.41, 5.74) is 4.86. The Hall–Kier alpha value is -3.39. The summed E-state index contributed by atoms with van der Waals surface area (Å²) in [6, 6.07) is 16.7. The number of hydrazone groups is 1. The number of hydrogen-bond donors (Lipinski definition) is 2. The molecule has 3 aromatic rings. The second kappa shape index (κ2) is 8.81. The van der Waals surface area contributed by atoms with Crippen LogP contribution in [0.4, 0.5) is 5.13 Å². The quantitative estimate of drug-likeness (QED) is 0.508. The molecule has 2 aromatic carbocycles. The van der Waals surface area contributed by atoms with Crippen LogP contribution in [-0.2, 0) is 11.2 Å². The molecule has 0 saturated carbocycles. The van der Waals surface area contributed by atoms with Gasteiger partial charge in [-0.3, -0.25) is 14.9 Å². The molecule has 0 aliphatic rings. The molecule has 0 unspecified atom stereocenters. The standard InChI is InChI=1S/C19H17N5O2S/c1-13-6-5-9-15(10-13)18(26)21-19-24-23-17(27-19)11-16(25)22-20-12-14-7-3-2-4-8-14/h2-10,12H,11H2,1H3,(H,22,25)(H,21,24,26)/b20-12+. The maximum Gasteiger partial charge on any atom is 0.257 e. The molecular weight excluding hydrogens is 362 g/mol. The van der Waals surface area contributed by atoms with E-state index in [0.717, 1.165) is 22.5 Å². The molecular formula is C19H17N5O2S. The number of hydrogen-bond acceptors (Lipinski definition) is 6. The highest BCUT2D eigenvalue weighted by molar-refractivity contribution is 7.15. The molecule has 8 heteroatoms. The predicted octanol–water partition coefficient (Wildman–Crippen LogP) is 2.79. The summed E-state index contributed by atoms with van der Waals surface area (Å²) < 4.78 is 0. The van der Waals surface area contributed by atoms with Gasteiger partial charge in [-0.25, -0.2) is 5.43 Å². The molecule has 1 aromatic heterocycles. The Morgan fingerprint density at radius 1 is 1.11 bits per heavy atom. The summed E-state index contributed by atoms with van der Waals surface area (Å²) in [6.07, 6.45) is 1.59. The van der Waals surface area contributed by atoms with Crippen molar-refractivity contribution in [2.75, 3.05) is 5.32 Å². The van der Waals surface area contributed by atoms with Gasteiger partial charge < -0.3 is 0 Å². The van der Waals surface area contributed by atoms with Crippen molar-refractivity contribution in [1.29, 1.82) is 0 Å². The van der Waals surface area contributed by atoms with Crippen molar-refractivity contribution in [3.05, 3.63) is 76.3 Å². The average molecular weight is 379 g/mol. The number of aryl methyl sites for hydroxylation is 1. The predicted molar refractivity (Wildman–Crippen MR) is 105 cm³/mol. The number of anilines is 1. The molecule has 2 amide bonds. The Balaban J connectivity index is 1.52. The fourth-order valence-corrected chi connectivity index (χ4v) is 2.96. The van der Waals surface area contributed by atoms with Crippen LogP contribution < -0.4 is 10.7 Å². The Kier molecular flexibility index (Phi) is 6.01. The minimum atomic E-state index is -0.310. The van der Waals surface area contributed by atoms with Crippen LogP contribution >= 0.6 is 11.3 Å². The lowest BCUT2D eigenvalue weighted by molar-refractivity contribution is -0.120. The molecule has 0 bridgehead atoms. The minimum Gasteiger partial charge on any atom is -0.296 e. The van der Waals surface area contributed by atoms with Crippen LogP contribution in [0.5, 0.6) is 0 Å². The topological polar surface area (TPSA) is 96.3 Å². The third-order valence-corrected chi connectivity index (χ3v) is 4.32. The number of nitrogens with zero attached hydrogens (tertiary/aromatic N) is 3. The highest BCUT2D eigenvalue weighted by Gasteiger charge is 2.12. The van der Waals surface area contributed by atoms with Crippen molar-refractivity contribution >= 4 is 34.5 Å². The zero-order chi connectivity index (χ0) is 19.1. The van der Waals surface area contributed by atoms with E-state index in [4.69, 9.17) is 0 Å². The van der Waals surface area contributed by atoms with Crippen molar-refractivity contribution in [3.63, 3.8) is 0 Å². The lowest BCUT2D eigenvalue weighted by Crippen LogP contribution is -2.19. The van der Waals surface area contributed by atoms with E-state index in [9.17, 15) is 9.59 Å². The number of aromatic nitrogens is 2. The second-order valence-corrected chi connectivity index (χ2v) is 6.77. The first-order valence-corrected chi connectivity index (χ1v) is 8.99. The van der Waals surface area contributed by atoms with Gasteiger partial charge in [-0.15, -0.1) is 10.2 Å². The van der Waals surface area contributed by atoms with Crippen LogP contribution in [0.15, 0.2) is 59.7 Å². The van der Waals surface area contributed by atoms with Gasteiger partial charge in [-0.2, -0.15) is 5.10 Å². The van der Waals surface area contributed by atoms with Gasteiger partial charge in [0.1, 0.15) is 5.01 Å². The number of rotatable bonds is 6. The summed E-state index contributed by atoms with van der Waals surface area (Å²) in [7, 11) is 0. The van der Waals surface area contributed by atoms with E-state index in [1.54, 1.807) is 18.3 Å². The smallest absolute Gasteiger partial charge is 0.257 e. The van der Waals surface area contributed by atoms with Gasteiger partial charge in [0, 0.05) is 5.56 Å². The number of carbonyl (C=O) groups excluding carboxylic acids is 2. The summed E-state index contributed by atoms with van der Waals surface area (Å²) >= 11 is 1.15. The normalized spacial score (nSPS) is 10.7. The molecule has 27 heavy (non-hydrogen) atoms. The third-order valence-electron chi connectivity index (χ3n) is 3.48. The Labute approximate surface area is 160 Å². The van der Waals surface area contributed by atoms with Crippen LogP contribution in [0, 0.1) is 6.92 Å². The third kappa shape index (κ3) is 5.55. The first-order valence-electron chi connectivity index (χ1n) is 8.17. The van der Waals surface area contributed by atoms with Crippen molar-refractivity contribution in [1.82, 2.24) is 15.6 Å². The summed E-state index contributed by atoms with van der Waals surface area (Å²) in [5.74, 6) is -0.576. The van der Waals surface area contributed by atoms with Gasteiger partial charge in [0.15, 0.2) is 0 Å². The largest absolute Gasteiger partial charge is 0.296 e. The molecule has 136 valence electrons. The second-order valence-electron chi connectivity index (χ2n) is 5.71. The molecule has 0 aliphatic carbocycles. The maximum absolute atomic E-state index is 12.2. The summed E-state index contributed by atoms with van der Waals surface area (Å²) in [6.45, 7) is 1.92. The zero-order valence-corrected chi connectivity index (χ0v) is 15.4. The van der Waals surface area contributed by atoms with E-state index in [1.165, 1.54) is 0 Å². The monoisotopic (exact) mass is 379 g/mol. The van der Waals surface area contributed by atoms with Gasteiger partial charge in [0.25, 0.3) is 5.91 Å². The van der Waals surface area contributed by atoms with Crippen LogP contribution in [0.1, 0.15) is 26.5 Å². The fraction of sp³-hybridized carbons (Fsp3) is 0.105. The molecule has 1 heterocycles. The Bertz CT molecular complexity index is 969. The minimum absolute atomic E-state index is 0.0319. The first kappa shape index (κ1) is 18.4. The summed E-state index contributed by atoms with van der Waals surface area (Å²) in [4.78, 5) is 24.1. The van der Waals surface area contributed by atoms with Gasteiger partial charge >= 0.3 is 0 Å². The SMILES string of the molecule is Cc1cccc(C(=O)Nc2nnc(CC(=O)N/N=C/c3ccccc3)s2)c1. The van der Waals surface area contributed by atoms with Crippen molar-refractivity contribution in [3.8, 4) is 0 Å². The number of amides is 2. The molecule has 0 aliphatic heterocycles. The molecule has 0 radical (unpaired) electrons. The number of benzene rings is 2. The lowest BCUT2D eigenvalue weighted by Gasteiger charge is -2.01. The average Bonchev–Trinajstić information content (AvgIpc) is 3.09. The van der Waals surface area contributed by atoms with E-state index in [0.29, 0.717) is 15.7 Å². The molecule has 0 saturated heterocycles. The lowest BCUT2D eigenvalue weighted by atomic mass is 10.1. The van der Waals surface area contributed by atoms with Crippen molar-refractivity contribution in [2.45, 2.75) is 13.3 Å². The van der Waals surface area contributed by atoms with Crippen LogP contribution in [0.25, 0.3) is 0 Å². The molecule has 0 fully saturated rings. The van der Waals surface area contributed by atoms with Crippen molar-refractivity contribution in [2.24, 2.45) is 5.10 Å². The van der Waals surface area contributed by atoms with E-state index in [2.05, 4.69) is 26.0 Å². The van der Waals surface area contributed by atoms with E-state index >= 15 is 0 Å². The summed E-state index contributed by atoms with van der Waals surface area (Å²) in [5, 5.41) is 15.3. The van der Waals surface area contributed by atoms with E-state index in [-0.39, 0.29) is 18.2 Å². The van der Waals surface area contributed by atoms with Gasteiger partial charge in [0.2, 0.25) is 11.0 Å². The molecule has 0 atom stereocenters. The Morgan fingerprint density at radius 2 is 1.93 bits per heavy atom. The van der Waals surface area contributed by atoms with Gasteiger partial charge in [-0.05, 0) is 24.6 Å². The highest BCUT2D eigenvalue weighted by atomic mass is 32.1. The first-order chi connectivity index (χ1) is 13.1. The zero-order valence-electron chi connectivity index (χ0n) is 14.5. The molecule has 7 nitrogen and oxygen atoms in total. The molecule has 2 N–H and O–H groups in total. The van der Waals surface area contributed by atoms with Crippen LogP contribution in [0.2, 0.25) is 0 Å². The van der Waals surface area contributed by atoms with E-state index in [1.807, 2.05) is 49.4 Å². The van der Waals surface area contributed by atoms with Gasteiger partial charge in [0.05, 0.1) is 12.6 Å².